The van der Waals surface area contributed by atoms with E-state index < -0.39 is 0 Å². The molecule has 0 aliphatic rings. The largest absolute Gasteiger partial charge is 0.301 e. The number of nitrogens with zero attached hydrogens (tertiary/aromatic N) is 1. The van der Waals surface area contributed by atoms with Crippen LogP contribution in [0.15, 0.2) is 0 Å². The molecule has 0 saturated heterocycles. The molecule has 0 fully saturated rings. The van der Waals surface area contributed by atoms with Crippen molar-refractivity contribution in [2.75, 3.05) is 13.1 Å². The van der Waals surface area contributed by atoms with Crippen molar-refractivity contribution >= 4 is 0 Å². The van der Waals surface area contributed by atoms with Crippen LogP contribution in [0.1, 0.15) is 130 Å². The minimum absolute atomic E-state index is 0.714. The van der Waals surface area contributed by atoms with Gasteiger partial charge in [0.1, 0.15) is 0 Å². The summed E-state index contributed by atoms with van der Waals surface area (Å²) in [6.07, 6.45) is 23.3. The first-order valence-corrected chi connectivity index (χ1v) is 11.5. The molecule has 0 aromatic carbocycles. The van der Waals surface area contributed by atoms with E-state index >= 15 is 0 Å². The van der Waals surface area contributed by atoms with E-state index in [4.69, 9.17) is 0 Å². The second-order valence-electron chi connectivity index (χ2n) is 8.03. The second-order valence-corrected chi connectivity index (χ2v) is 8.03. The molecule has 0 unspecified atom stereocenters. The summed E-state index contributed by atoms with van der Waals surface area (Å²) in [6.45, 7) is 11.7. The lowest BCUT2D eigenvalue weighted by Gasteiger charge is -2.24. The highest BCUT2D eigenvalue weighted by Gasteiger charge is 2.05. The maximum atomic E-state index is 2.59. The van der Waals surface area contributed by atoms with Crippen LogP contribution in [0.3, 0.4) is 0 Å². The Balaban J connectivity index is 3.10. The van der Waals surface area contributed by atoms with Gasteiger partial charge in [-0.25, -0.2) is 0 Å². The van der Waals surface area contributed by atoms with Gasteiger partial charge in [-0.1, -0.05) is 110 Å². The molecule has 0 spiro atoms. The van der Waals surface area contributed by atoms with E-state index in [-0.39, 0.29) is 0 Å². The van der Waals surface area contributed by atoms with Crippen LogP contribution in [-0.4, -0.2) is 24.0 Å². The third-order valence-corrected chi connectivity index (χ3v) is 5.44. The van der Waals surface area contributed by atoms with E-state index in [2.05, 4.69) is 32.6 Å². The summed E-state index contributed by atoms with van der Waals surface area (Å²) < 4.78 is 0. The molecular formula is C23H49N. The van der Waals surface area contributed by atoms with Crippen LogP contribution in [0.5, 0.6) is 0 Å². The Morgan fingerprint density at radius 3 is 1.12 bits per heavy atom. The zero-order chi connectivity index (χ0) is 17.9. The third-order valence-electron chi connectivity index (χ3n) is 5.44. The number of hydrogen-bond donors (Lipinski definition) is 0. The maximum absolute atomic E-state index is 2.59. The van der Waals surface area contributed by atoms with Crippen LogP contribution >= 0.6 is 0 Å². The maximum Gasteiger partial charge on any atom is 0.00384 e. The molecule has 1 nitrogen and oxygen atoms in total. The molecule has 0 N–H and O–H groups in total. The monoisotopic (exact) mass is 339 g/mol. The van der Waals surface area contributed by atoms with E-state index in [0.29, 0.717) is 6.04 Å². The first kappa shape index (κ1) is 24.0. The van der Waals surface area contributed by atoms with Crippen LogP contribution in [0.4, 0.5) is 0 Å². The molecule has 0 radical (unpaired) electrons. The van der Waals surface area contributed by atoms with Crippen LogP contribution in [0, 0.1) is 0 Å². The average Bonchev–Trinajstić information content (AvgIpc) is 2.57. The van der Waals surface area contributed by atoms with Gasteiger partial charge in [0, 0.05) is 6.04 Å². The lowest BCUT2D eigenvalue weighted by Crippen LogP contribution is -2.31. The van der Waals surface area contributed by atoms with Gasteiger partial charge in [-0.3, -0.25) is 0 Å². The molecule has 146 valence electrons. The third kappa shape index (κ3) is 16.8. The molecule has 0 amide bonds. The van der Waals surface area contributed by atoms with Crippen molar-refractivity contribution in [1.29, 1.82) is 0 Å². The minimum atomic E-state index is 0.714. The van der Waals surface area contributed by atoms with Gasteiger partial charge in [0.15, 0.2) is 0 Å². The Bertz CT molecular complexity index is 224. The van der Waals surface area contributed by atoms with Gasteiger partial charge >= 0.3 is 0 Å². The van der Waals surface area contributed by atoms with Crippen LogP contribution in [0.25, 0.3) is 0 Å². The second kappa shape index (κ2) is 19.3. The molecule has 0 heterocycles. The van der Waals surface area contributed by atoms with E-state index in [1.165, 1.54) is 116 Å². The molecule has 24 heavy (non-hydrogen) atoms. The standard InChI is InChI=1S/C23H49N/c1-5-7-8-9-10-11-12-13-14-15-16-17-18-19-20-21-22-24(6-2)23(3)4/h23H,5-22H2,1-4H3. The summed E-state index contributed by atoms with van der Waals surface area (Å²) in [7, 11) is 0. The lowest BCUT2D eigenvalue weighted by molar-refractivity contribution is 0.228. The molecule has 0 bridgehead atoms. The van der Waals surface area contributed by atoms with Gasteiger partial charge in [-0.2, -0.15) is 0 Å². The summed E-state index contributed by atoms with van der Waals surface area (Å²) in [5.41, 5.74) is 0. The fourth-order valence-electron chi connectivity index (χ4n) is 3.64. The smallest absolute Gasteiger partial charge is 0.00384 e. The fourth-order valence-corrected chi connectivity index (χ4v) is 3.64. The first-order valence-electron chi connectivity index (χ1n) is 11.5. The van der Waals surface area contributed by atoms with Crippen molar-refractivity contribution in [3.8, 4) is 0 Å². The molecular weight excluding hydrogens is 290 g/mol. The average molecular weight is 340 g/mol. The van der Waals surface area contributed by atoms with E-state index in [1.807, 2.05) is 0 Å². The highest BCUT2D eigenvalue weighted by atomic mass is 15.1. The zero-order valence-corrected chi connectivity index (χ0v) is 17.8. The van der Waals surface area contributed by atoms with Gasteiger partial charge in [-0.15, -0.1) is 0 Å². The van der Waals surface area contributed by atoms with E-state index in [1.54, 1.807) is 0 Å². The Morgan fingerprint density at radius 1 is 0.500 bits per heavy atom. The zero-order valence-electron chi connectivity index (χ0n) is 17.8. The van der Waals surface area contributed by atoms with Crippen molar-refractivity contribution in [2.24, 2.45) is 0 Å². The van der Waals surface area contributed by atoms with Gasteiger partial charge in [0.2, 0.25) is 0 Å². The SMILES string of the molecule is CCCCCCCCCCCCCCCCCCN(CC)C(C)C. The quantitative estimate of drug-likeness (QED) is 0.216. The van der Waals surface area contributed by atoms with Crippen molar-refractivity contribution in [2.45, 2.75) is 136 Å². The lowest BCUT2D eigenvalue weighted by atomic mass is 10.0. The molecule has 0 aliphatic heterocycles. The summed E-state index contributed by atoms with van der Waals surface area (Å²) in [5, 5.41) is 0. The Labute approximate surface area is 155 Å². The Kier molecular flexibility index (Phi) is 19.3. The van der Waals surface area contributed by atoms with Crippen LogP contribution in [-0.2, 0) is 0 Å². The van der Waals surface area contributed by atoms with E-state index in [9.17, 15) is 0 Å². The molecule has 0 saturated carbocycles. The van der Waals surface area contributed by atoms with E-state index in [0.717, 1.165) is 0 Å². The predicted molar refractivity (Wildman–Crippen MR) is 112 cm³/mol. The molecule has 1 heteroatoms. The summed E-state index contributed by atoms with van der Waals surface area (Å²) in [5.74, 6) is 0. The number of unbranched alkanes of at least 4 members (excludes halogenated alkanes) is 15. The van der Waals surface area contributed by atoms with Crippen LogP contribution in [0.2, 0.25) is 0 Å². The van der Waals surface area contributed by atoms with Crippen molar-refractivity contribution in [3.05, 3.63) is 0 Å². The summed E-state index contributed by atoms with van der Waals surface area (Å²) in [4.78, 5) is 2.59. The minimum Gasteiger partial charge on any atom is -0.301 e. The Hall–Kier alpha value is -0.0400. The van der Waals surface area contributed by atoms with Gasteiger partial charge < -0.3 is 4.90 Å². The summed E-state index contributed by atoms with van der Waals surface area (Å²) in [6, 6.07) is 0.714. The van der Waals surface area contributed by atoms with Gasteiger partial charge in [0.05, 0.1) is 0 Å². The van der Waals surface area contributed by atoms with Gasteiger partial charge in [0.25, 0.3) is 0 Å². The predicted octanol–water partition coefficient (Wildman–Crippen LogP) is 7.98. The number of rotatable bonds is 19. The molecule has 0 atom stereocenters. The van der Waals surface area contributed by atoms with Crippen molar-refractivity contribution < 1.29 is 0 Å². The molecule has 0 aliphatic carbocycles. The molecule has 0 aromatic rings. The van der Waals surface area contributed by atoms with Crippen molar-refractivity contribution in [1.82, 2.24) is 4.90 Å². The molecule has 0 aromatic heterocycles. The highest BCUT2D eigenvalue weighted by molar-refractivity contribution is 4.60. The Morgan fingerprint density at radius 2 is 0.833 bits per heavy atom. The van der Waals surface area contributed by atoms with Crippen LogP contribution < -0.4 is 0 Å². The topological polar surface area (TPSA) is 3.24 Å². The fraction of sp³-hybridized carbons (Fsp3) is 1.00. The normalized spacial score (nSPS) is 11.8. The summed E-state index contributed by atoms with van der Waals surface area (Å²) >= 11 is 0. The van der Waals surface area contributed by atoms with Crippen molar-refractivity contribution in [3.63, 3.8) is 0 Å². The molecule has 0 rings (SSSR count). The number of hydrogen-bond acceptors (Lipinski definition) is 1. The highest BCUT2D eigenvalue weighted by Crippen LogP contribution is 2.14. The van der Waals surface area contributed by atoms with Gasteiger partial charge in [-0.05, 0) is 33.4 Å². The first-order chi connectivity index (χ1) is 11.7.